The van der Waals surface area contributed by atoms with Gasteiger partial charge in [0.1, 0.15) is 0 Å². The predicted octanol–water partition coefficient (Wildman–Crippen LogP) is 16.2. The number of rotatable bonds is 7. The minimum Gasteiger partial charge on any atom is -0.309 e. The van der Waals surface area contributed by atoms with Crippen LogP contribution < -0.4 is 0 Å². The molecule has 0 saturated heterocycles. The lowest BCUT2D eigenvalue weighted by molar-refractivity contribution is 1.18. The van der Waals surface area contributed by atoms with Crippen LogP contribution in [0.4, 0.5) is 0 Å². The molecule has 0 saturated carbocycles. The highest BCUT2D eigenvalue weighted by atomic mass is 15.0. The van der Waals surface area contributed by atoms with E-state index in [1.54, 1.807) is 0 Å². The molecule has 0 aliphatic rings. The van der Waals surface area contributed by atoms with Crippen LogP contribution in [0.15, 0.2) is 243 Å². The van der Waals surface area contributed by atoms with E-state index in [4.69, 9.17) is 0 Å². The van der Waals surface area contributed by atoms with E-state index in [0.717, 1.165) is 11.4 Å². The van der Waals surface area contributed by atoms with Gasteiger partial charge >= 0.3 is 0 Å². The van der Waals surface area contributed by atoms with Crippen molar-refractivity contribution >= 4 is 43.6 Å². The summed E-state index contributed by atoms with van der Waals surface area (Å²) in [7, 11) is 0. The summed E-state index contributed by atoms with van der Waals surface area (Å²) in [6, 6.07) is 88.4. The Kier molecular flexibility index (Phi) is 8.53. The normalized spacial score (nSPS) is 11.5. The Morgan fingerprint density at radius 1 is 0.226 bits per heavy atom. The van der Waals surface area contributed by atoms with Crippen LogP contribution >= 0.6 is 0 Å². The number of hydrogen-bond acceptors (Lipinski definition) is 0. The number of nitrogens with zero attached hydrogens (tertiary/aromatic N) is 2. The third-order valence-electron chi connectivity index (χ3n) is 12.5. The molecule has 2 heterocycles. The summed E-state index contributed by atoms with van der Waals surface area (Å²) in [5.74, 6) is 0. The van der Waals surface area contributed by atoms with Crippen molar-refractivity contribution in [3.8, 4) is 67.0 Å². The van der Waals surface area contributed by atoms with Gasteiger partial charge in [-0.1, -0.05) is 188 Å². The number of hydrogen-bond donors (Lipinski definition) is 0. The van der Waals surface area contributed by atoms with Crippen molar-refractivity contribution in [2.24, 2.45) is 0 Å². The Hall–Kier alpha value is -8.20. The maximum atomic E-state index is 2.51. The molecule has 0 amide bonds. The van der Waals surface area contributed by atoms with Crippen molar-refractivity contribution in [1.82, 2.24) is 9.13 Å². The predicted molar refractivity (Wildman–Crippen MR) is 262 cm³/mol. The fourth-order valence-electron chi connectivity index (χ4n) is 9.60. The fourth-order valence-corrected chi connectivity index (χ4v) is 9.60. The van der Waals surface area contributed by atoms with E-state index in [9.17, 15) is 0 Å². The monoisotopic (exact) mass is 788 g/mol. The van der Waals surface area contributed by atoms with Gasteiger partial charge in [-0.05, 0) is 99.1 Å². The van der Waals surface area contributed by atoms with Gasteiger partial charge < -0.3 is 9.13 Å². The van der Waals surface area contributed by atoms with Gasteiger partial charge in [-0.2, -0.15) is 0 Å². The molecule has 0 atom stereocenters. The van der Waals surface area contributed by atoms with E-state index < -0.39 is 0 Å². The van der Waals surface area contributed by atoms with Crippen molar-refractivity contribution in [1.29, 1.82) is 0 Å². The number of benzene rings is 10. The zero-order chi connectivity index (χ0) is 41.0. The molecule has 290 valence electrons. The van der Waals surface area contributed by atoms with Crippen molar-refractivity contribution in [2.75, 3.05) is 0 Å². The standard InChI is InChI=1S/C60H40N2/c1-5-16-41(17-6-1)43-28-33-49(34-29-43)61-56-27-14-13-24-51(56)54-39-47(31-36-58(54)61)48-32-37-59-55(40-48)52-26-15-25-50(44-20-9-3-10-21-44)60(52)62(59)57-35-30-46(42-18-7-2-8-19-42)38-53(57)45-22-11-4-12-23-45/h1-40H. The molecule has 2 aromatic heterocycles. The SMILES string of the molecule is c1ccc(-c2ccc(-n3c4ccccc4c4cc(-c5ccc6c(c5)c5cccc(-c7ccccc7)c5n6-c5ccc(-c6ccccc6)cc5-c5ccccc5)ccc43)cc2)cc1. The smallest absolute Gasteiger partial charge is 0.0619 e. The summed E-state index contributed by atoms with van der Waals surface area (Å²) in [4.78, 5) is 0. The van der Waals surface area contributed by atoms with E-state index >= 15 is 0 Å². The van der Waals surface area contributed by atoms with Gasteiger partial charge in [-0.3, -0.25) is 0 Å². The van der Waals surface area contributed by atoms with Gasteiger partial charge in [0.2, 0.25) is 0 Å². The van der Waals surface area contributed by atoms with Crippen molar-refractivity contribution in [3.05, 3.63) is 243 Å². The van der Waals surface area contributed by atoms with Gasteiger partial charge in [0.15, 0.2) is 0 Å². The molecule has 0 spiro atoms. The number of aromatic nitrogens is 2. The van der Waals surface area contributed by atoms with Crippen LogP contribution in [0.2, 0.25) is 0 Å². The van der Waals surface area contributed by atoms with Crippen LogP contribution in [0.5, 0.6) is 0 Å². The lowest BCUT2D eigenvalue weighted by Gasteiger charge is -2.17. The third kappa shape index (κ3) is 5.96. The molecule has 62 heavy (non-hydrogen) atoms. The van der Waals surface area contributed by atoms with Crippen molar-refractivity contribution in [2.45, 2.75) is 0 Å². The molecule has 2 nitrogen and oxygen atoms in total. The van der Waals surface area contributed by atoms with Gasteiger partial charge in [-0.15, -0.1) is 0 Å². The zero-order valence-corrected chi connectivity index (χ0v) is 34.0. The fraction of sp³-hybridized carbons (Fsp3) is 0. The molecule has 2 heteroatoms. The highest BCUT2D eigenvalue weighted by molar-refractivity contribution is 6.16. The van der Waals surface area contributed by atoms with Gasteiger partial charge in [-0.25, -0.2) is 0 Å². The Balaban J connectivity index is 1.06. The molecule has 0 aliphatic carbocycles. The highest BCUT2D eigenvalue weighted by Gasteiger charge is 2.21. The van der Waals surface area contributed by atoms with Crippen molar-refractivity contribution in [3.63, 3.8) is 0 Å². The molecule has 0 unspecified atom stereocenters. The molecule has 0 aliphatic heterocycles. The van der Waals surface area contributed by atoms with E-state index in [2.05, 4.69) is 252 Å². The van der Waals surface area contributed by atoms with E-state index in [1.165, 1.54) is 99.2 Å². The average molecular weight is 789 g/mol. The number of fused-ring (bicyclic) bond motifs is 6. The van der Waals surface area contributed by atoms with Crippen LogP contribution in [0.3, 0.4) is 0 Å². The number of para-hydroxylation sites is 2. The maximum absolute atomic E-state index is 2.51. The van der Waals surface area contributed by atoms with Gasteiger partial charge in [0, 0.05) is 38.4 Å². The Morgan fingerprint density at radius 2 is 0.661 bits per heavy atom. The molecule has 10 aromatic carbocycles. The summed E-state index contributed by atoms with van der Waals surface area (Å²) in [6.07, 6.45) is 0. The van der Waals surface area contributed by atoms with Gasteiger partial charge in [0.05, 0.1) is 27.8 Å². The minimum atomic E-state index is 1.15. The summed E-state index contributed by atoms with van der Waals surface area (Å²) < 4.78 is 4.91. The van der Waals surface area contributed by atoms with E-state index in [1.807, 2.05) is 0 Å². The first-order valence-electron chi connectivity index (χ1n) is 21.3. The lowest BCUT2D eigenvalue weighted by Crippen LogP contribution is -1.99. The van der Waals surface area contributed by atoms with E-state index in [0.29, 0.717) is 0 Å². The van der Waals surface area contributed by atoms with Crippen LogP contribution in [0.1, 0.15) is 0 Å². The first-order chi connectivity index (χ1) is 30.8. The Morgan fingerprint density at radius 3 is 1.31 bits per heavy atom. The highest BCUT2D eigenvalue weighted by Crippen LogP contribution is 2.43. The molecule has 0 bridgehead atoms. The molecular weight excluding hydrogens is 749 g/mol. The second-order valence-corrected chi connectivity index (χ2v) is 16.1. The van der Waals surface area contributed by atoms with Crippen LogP contribution in [0, 0.1) is 0 Å². The Labute approximate surface area is 360 Å². The quantitative estimate of drug-likeness (QED) is 0.152. The summed E-state index contributed by atoms with van der Waals surface area (Å²) >= 11 is 0. The summed E-state index contributed by atoms with van der Waals surface area (Å²) in [6.45, 7) is 0. The first kappa shape index (κ1) is 35.7. The second kappa shape index (κ2) is 14.8. The van der Waals surface area contributed by atoms with E-state index in [-0.39, 0.29) is 0 Å². The van der Waals surface area contributed by atoms with Crippen LogP contribution in [-0.4, -0.2) is 9.13 Å². The molecule has 12 aromatic rings. The lowest BCUT2D eigenvalue weighted by atomic mass is 9.96. The Bertz CT molecular complexity index is 3580. The van der Waals surface area contributed by atoms with Crippen LogP contribution in [0.25, 0.3) is 111 Å². The largest absolute Gasteiger partial charge is 0.309 e. The second-order valence-electron chi connectivity index (χ2n) is 16.1. The maximum Gasteiger partial charge on any atom is 0.0619 e. The zero-order valence-electron chi connectivity index (χ0n) is 34.0. The average Bonchev–Trinajstić information content (AvgIpc) is 3.87. The summed E-state index contributed by atoms with van der Waals surface area (Å²) in [5.41, 5.74) is 19.1. The minimum absolute atomic E-state index is 1.15. The molecular formula is C60H40N2. The van der Waals surface area contributed by atoms with Crippen LogP contribution in [-0.2, 0) is 0 Å². The summed E-state index contributed by atoms with van der Waals surface area (Å²) in [5, 5.41) is 4.94. The third-order valence-corrected chi connectivity index (χ3v) is 12.5. The molecule has 0 fully saturated rings. The molecule has 0 N–H and O–H groups in total. The van der Waals surface area contributed by atoms with Crippen molar-refractivity contribution < 1.29 is 0 Å². The topological polar surface area (TPSA) is 9.86 Å². The first-order valence-corrected chi connectivity index (χ1v) is 21.3. The van der Waals surface area contributed by atoms with Gasteiger partial charge in [0.25, 0.3) is 0 Å². The molecule has 12 rings (SSSR count). The molecule has 0 radical (unpaired) electrons.